The smallest absolute Gasteiger partial charge is 0.407 e. The molecule has 0 saturated heterocycles. The van der Waals surface area contributed by atoms with Crippen molar-refractivity contribution in [3.8, 4) is 0 Å². The molecule has 0 aromatic carbocycles. The van der Waals surface area contributed by atoms with Gasteiger partial charge in [0.2, 0.25) is 41.4 Å². The van der Waals surface area contributed by atoms with Crippen molar-refractivity contribution in [3.63, 3.8) is 0 Å². The molecule has 0 saturated carbocycles. The molecule has 0 atom stereocenters. The molecule has 0 radical (unpaired) electrons. The number of ether oxygens (including phenoxy) is 1. The number of carbonyl (C=O) groups is 8. The maximum atomic E-state index is 12.7. The zero-order valence-corrected chi connectivity index (χ0v) is 32.3. The van der Waals surface area contributed by atoms with E-state index in [4.69, 9.17) is 4.74 Å². The Labute approximate surface area is 281 Å². The number of alkyl carbamates (subject to hydrolysis) is 1. The van der Waals surface area contributed by atoms with Crippen LogP contribution in [-0.2, 0) is 43.1 Å². The Bertz CT molecular complexity index is 1200. The van der Waals surface area contributed by atoms with E-state index in [9.17, 15) is 43.2 Å². The second-order valence-corrected chi connectivity index (χ2v) is 12.2. The Morgan fingerprint density at radius 3 is 1.10 bits per heavy atom. The fourth-order valence-electron chi connectivity index (χ4n) is 3.45. The molecule has 9 amide bonds. The topological polar surface area (TPSA) is 210 Å². The van der Waals surface area contributed by atoms with Crippen LogP contribution in [0.3, 0.4) is 0 Å². The summed E-state index contributed by atoms with van der Waals surface area (Å²) < 4.78 is 5.09. The van der Waals surface area contributed by atoms with Crippen molar-refractivity contribution in [2.45, 2.75) is 26.4 Å². The van der Waals surface area contributed by atoms with Gasteiger partial charge in [0.1, 0.15) is 5.60 Å². The molecule has 0 spiro atoms. The summed E-state index contributed by atoms with van der Waals surface area (Å²) in [4.78, 5) is 117. The maximum Gasteiger partial charge on any atom is 0.407 e. The SMILES string of the molecule is CN([C-]=O)CC(=O)N(C)CC(=O)N(C)CC(=O)N(C)CC(=O)N(C)CC(=O)N(C)CC(=O)N(C)CC(=O)NCCNC(=O)OC(C)(C)C.[Fm]. The molecule has 0 aliphatic heterocycles. The van der Waals surface area contributed by atoms with Crippen molar-refractivity contribution in [3.05, 3.63) is 0 Å². The third-order valence-corrected chi connectivity index (χ3v) is 6.44. The summed E-state index contributed by atoms with van der Waals surface area (Å²) in [5.41, 5.74) is -0.657. The third kappa shape index (κ3) is 18.7. The van der Waals surface area contributed by atoms with Crippen LogP contribution in [-0.4, -0.2) is 202 Å². The second-order valence-electron chi connectivity index (χ2n) is 12.2. The second kappa shape index (κ2) is 21.0. The molecule has 19 nitrogen and oxygen atoms in total. The van der Waals surface area contributed by atoms with Gasteiger partial charge in [0.25, 0.3) is 0 Å². The largest absolute Gasteiger partial charge is 0.520 e. The maximum absolute atomic E-state index is 12.7. The van der Waals surface area contributed by atoms with Crippen molar-refractivity contribution in [1.82, 2.24) is 44.9 Å². The van der Waals surface area contributed by atoms with Crippen molar-refractivity contribution in [2.24, 2.45) is 0 Å². The number of likely N-dealkylation sites (N-methyl/N-ethyl adjacent to an activating group) is 7. The molecule has 0 rings (SSSR count). The van der Waals surface area contributed by atoms with Crippen molar-refractivity contribution < 1.29 is 47.9 Å². The van der Waals surface area contributed by atoms with Crippen LogP contribution < -0.4 is 10.6 Å². The summed E-state index contributed by atoms with van der Waals surface area (Å²) in [5.74, 6) is -3.78. The Hall–Kier alpha value is -5.97. The van der Waals surface area contributed by atoms with E-state index in [2.05, 4.69) is 10.6 Å². The van der Waals surface area contributed by atoms with Gasteiger partial charge in [-0.1, -0.05) is 0 Å². The van der Waals surface area contributed by atoms with Gasteiger partial charge in [0.05, 0.1) is 45.8 Å². The predicted molar refractivity (Wildman–Crippen MR) is 171 cm³/mol. The van der Waals surface area contributed by atoms with E-state index in [1.807, 2.05) is 0 Å². The molecule has 0 fully saturated rings. The molecule has 0 unspecified atom stereocenters. The van der Waals surface area contributed by atoms with E-state index >= 15 is 0 Å². The van der Waals surface area contributed by atoms with Crippen LogP contribution >= 0.6 is 0 Å². The van der Waals surface area contributed by atoms with E-state index in [1.54, 1.807) is 20.8 Å². The van der Waals surface area contributed by atoms with Gasteiger partial charge in [-0.2, -0.15) is 6.41 Å². The Kier molecular flexibility index (Phi) is 19.4. The number of nitrogens with one attached hydrogen (secondary N) is 2. The summed E-state index contributed by atoms with van der Waals surface area (Å²) in [5, 5.41) is 5.05. The average Bonchev–Trinajstić information content (AvgIpc) is 2.97. The number of amides is 9. The molecule has 0 bridgehead atoms. The number of hydrogen-bond acceptors (Lipinski definition) is 10. The summed E-state index contributed by atoms with van der Waals surface area (Å²) in [7, 11) is 9.55. The van der Waals surface area contributed by atoms with Crippen molar-refractivity contribution in [1.29, 1.82) is 0 Å². The van der Waals surface area contributed by atoms with Crippen LogP contribution in [0.4, 0.5) is 4.79 Å². The predicted octanol–water partition coefficient (Wildman–Crippen LogP) is -3.62. The standard InChI is InChI=1S/C29H50N9O10.Fm/c1-29(2,3)48-28(47)31-12-11-30-21(40)13-33(5)23(42)15-35(7)25(44)17-37(9)27(46)19-38(10)26(45)18-36(8)24(43)16-34(6)22(41)14-32(4)20-39;/h11-19H2,1-10H3,(H,30,40)(H,31,47);/q-1;. The van der Waals surface area contributed by atoms with Crippen LogP contribution in [0.2, 0.25) is 0 Å². The molecule has 20 heteroatoms. The van der Waals surface area contributed by atoms with E-state index < -0.39 is 66.1 Å². The molecule has 49 heavy (non-hydrogen) atoms. The zero-order valence-electron chi connectivity index (χ0n) is 29.9. The molecular weight excluding hydrogens is 891 g/mol. The van der Waals surface area contributed by atoms with Gasteiger partial charge < -0.3 is 54.5 Å². The van der Waals surface area contributed by atoms with E-state index in [0.29, 0.717) is 0 Å². The Morgan fingerprint density at radius 1 is 0.510 bits per heavy atom. The van der Waals surface area contributed by atoms with Crippen LogP contribution in [0.1, 0.15) is 20.8 Å². The van der Waals surface area contributed by atoms with Gasteiger partial charge in [-0.3, -0.25) is 33.6 Å². The van der Waals surface area contributed by atoms with E-state index in [-0.39, 0.29) is 45.8 Å². The summed E-state index contributed by atoms with van der Waals surface area (Å²) >= 11 is 0. The molecule has 0 aliphatic rings. The fraction of sp³-hybridized carbons (Fsp3) is 0.690. The third-order valence-electron chi connectivity index (χ3n) is 6.44. The zero-order chi connectivity index (χ0) is 37.4. The van der Waals surface area contributed by atoms with E-state index in [1.165, 1.54) is 55.7 Å². The molecule has 0 heterocycles. The van der Waals surface area contributed by atoms with Gasteiger partial charge in [-0.05, 0) is 27.8 Å². The summed E-state index contributed by atoms with van der Waals surface area (Å²) in [6, 6.07) is 0. The van der Waals surface area contributed by atoms with Crippen molar-refractivity contribution >= 4 is 53.9 Å². The first-order valence-electron chi connectivity index (χ1n) is 14.8. The van der Waals surface area contributed by atoms with Gasteiger partial charge in [0.15, 0.2) is 0 Å². The number of nitrogens with zero attached hydrogens (tertiary/aromatic N) is 7. The minimum atomic E-state index is -0.657. The number of hydrogen-bond donors (Lipinski definition) is 2. The van der Waals surface area contributed by atoms with Gasteiger partial charge in [-0.15, -0.1) is 0 Å². The minimum absolute atomic E-state index is 0. The monoisotopic (exact) mass is 941 g/mol. The first kappa shape index (κ1) is 45.2. The molecule has 284 valence electrons. The normalized spacial score (nSPS) is 10.3. The number of carbonyl (C=O) groups excluding carboxylic acids is 9. The molecule has 2 N–H and O–H groups in total. The van der Waals surface area contributed by atoms with Crippen LogP contribution in [0.15, 0.2) is 0 Å². The summed E-state index contributed by atoms with van der Waals surface area (Å²) in [6.07, 6.45) is 0.907. The first-order valence-corrected chi connectivity index (χ1v) is 14.8. The Balaban J connectivity index is 0. The van der Waals surface area contributed by atoms with Crippen LogP contribution in [0.25, 0.3) is 0 Å². The van der Waals surface area contributed by atoms with E-state index in [0.717, 1.165) is 34.3 Å². The molecule has 0 aliphatic carbocycles. The van der Waals surface area contributed by atoms with Crippen LogP contribution in [0, 0.1) is 0 Å². The number of rotatable bonds is 18. The van der Waals surface area contributed by atoms with Gasteiger partial charge in [0, 0.05) is 55.4 Å². The minimum Gasteiger partial charge on any atom is -0.520 e. The molecule has 0 aromatic heterocycles. The van der Waals surface area contributed by atoms with Crippen LogP contribution in [0.5, 0.6) is 0 Å². The molecular formula is C29H50FmN9O10-. The van der Waals surface area contributed by atoms with Gasteiger partial charge in [-0.25, -0.2) is 4.79 Å². The Morgan fingerprint density at radius 2 is 0.796 bits per heavy atom. The first-order chi connectivity index (χ1) is 22.1. The quantitative estimate of drug-likeness (QED) is 0.0784. The van der Waals surface area contributed by atoms with Crippen molar-refractivity contribution in [2.75, 3.05) is 108 Å². The summed E-state index contributed by atoms with van der Waals surface area (Å²) in [6.45, 7) is 2.95. The molecule has 0 aromatic rings. The fourth-order valence-corrected chi connectivity index (χ4v) is 3.45. The average molecular weight is 942 g/mol. The van der Waals surface area contributed by atoms with Gasteiger partial charge >= 0.3 is 6.09 Å².